The summed E-state index contributed by atoms with van der Waals surface area (Å²) in [4.78, 5) is 13.5. The van der Waals surface area contributed by atoms with E-state index in [1.54, 1.807) is 12.1 Å². The largest absolute Gasteiger partial charge is 0.379 e. The molecule has 0 N–H and O–H groups in total. The Hall–Kier alpha value is -1.54. The van der Waals surface area contributed by atoms with Gasteiger partial charge in [-0.25, -0.2) is 0 Å². The number of hydrogen-bond acceptors (Lipinski definition) is 4. The molecule has 0 saturated carbocycles. The fourth-order valence-electron chi connectivity index (χ4n) is 0.775. The van der Waals surface area contributed by atoms with Crippen LogP contribution in [-0.4, -0.2) is 15.7 Å². The predicted molar refractivity (Wildman–Crippen MR) is 51.6 cm³/mol. The maximum absolute atomic E-state index is 10.4. The SMILES string of the molecule is O=[N+]([O-])c1ncccc1C#CCS. The maximum Gasteiger partial charge on any atom is 0.379 e. The smallest absolute Gasteiger partial charge is 0.358 e. The van der Waals surface area contributed by atoms with Gasteiger partial charge in [0.1, 0.15) is 11.8 Å². The minimum atomic E-state index is -0.553. The van der Waals surface area contributed by atoms with Gasteiger partial charge in [0.15, 0.2) is 0 Å². The van der Waals surface area contributed by atoms with Crippen molar-refractivity contribution < 1.29 is 4.92 Å². The van der Waals surface area contributed by atoms with Gasteiger partial charge in [0.05, 0.1) is 5.75 Å². The molecule has 1 aromatic heterocycles. The average Bonchev–Trinajstić information content (AvgIpc) is 2.15. The van der Waals surface area contributed by atoms with Crippen molar-refractivity contribution in [1.29, 1.82) is 0 Å². The van der Waals surface area contributed by atoms with Crippen molar-refractivity contribution in [2.75, 3.05) is 5.75 Å². The molecule has 66 valence electrons. The molecule has 13 heavy (non-hydrogen) atoms. The number of thiol groups is 1. The molecule has 1 rings (SSSR count). The molecule has 0 spiro atoms. The van der Waals surface area contributed by atoms with Crippen LogP contribution in [0.2, 0.25) is 0 Å². The maximum atomic E-state index is 10.4. The van der Waals surface area contributed by atoms with Crippen LogP contribution in [0.25, 0.3) is 0 Å². The van der Waals surface area contributed by atoms with Gasteiger partial charge < -0.3 is 10.1 Å². The molecule has 0 aliphatic heterocycles. The summed E-state index contributed by atoms with van der Waals surface area (Å²) in [6.45, 7) is 0. The molecule has 0 fully saturated rings. The molecule has 0 aromatic carbocycles. The molecular weight excluding hydrogens is 188 g/mol. The van der Waals surface area contributed by atoms with E-state index in [1.807, 2.05) is 0 Å². The molecule has 0 saturated heterocycles. The fourth-order valence-corrected chi connectivity index (χ4v) is 0.854. The zero-order valence-corrected chi connectivity index (χ0v) is 7.49. The highest BCUT2D eigenvalue weighted by atomic mass is 32.1. The first-order valence-electron chi connectivity index (χ1n) is 3.45. The van der Waals surface area contributed by atoms with E-state index in [-0.39, 0.29) is 5.82 Å². The van der Waals surface area contributed by atoms with Gasteiger partial charge in [0.25, 0.3) is 0 Å². The summed E-state index contributed by atoms with van der Waals surface area (Å²) in [5.41, 5.74) is 0.321. The highest BCUT2D eigenvalue weighted by Crippen LogP contribution is 2.11. The number of pyridine rings is 1. The van der Waals surface area contributed by atoms with Gasteiger partial charge in [-0.1, -0.05) is 11.8 Å². The van der Waals surface area contributed by atoms with E-state index < -0.39 is 4.92 Å². The number of aromatic nitrogens is 1. The standard InChI is InChI=1S/C8H6N2O2S/c11-10(12)8-7(4-2-6-13)3-1-5-9-8/h1,3,5,13H,6H2. The summed E-state index contributed by atoms with van der Waals surface area (Å²) >= 11 is 3.87. The van der Waals surface area contributed by atoms with E-state index >= 15 is 0 Å². The summed E-state index contributed by atoms with van der Waals surface area (Å²) < 4.78 is 0. The van der Waals surface area contributed by atoms with E-state index in [0.29, 0.717) is 11.3 Å². The van der Waals surface area contributed by atoms with Crippen LogP contribution >= 0.6 is 12.6 Å². The van der Waals surface area contributed by atoms with Gasteiger partial charge in [-0.2, -0.15) is 12.6 Å². The lowest BCUT2D eigenvalue weighted by atomic mass is 10.2. The molecular formula is C8H6N2O2S. The van der Waals surface area contributed by atoms with E-state index in [4.69, 9.17) is 0 Å². The Morgan fingerprint density at radius 3 is 3.08 bits per heavy atom. The van der Waals surface area contributed by atoms with Crippen molar-refractivity contribution in [3.63, 3.8) is 0 Å². The molecule has 0 aliphatic rings. The molecule has 0 atom stereocenters. The van der Waals surface area contributed by atoms with Gasteiger partial charge in [0.2, 0.25) is 0 Å². The van der Waals surface area contributed by atoms with Gasteiger partial charge in [-0.05, 0) is 22.0 Å². The first-order chi connectivity index (χ1) is 6.25. The molecule has 0 amide bonds. The third-order valence-corrected chi connectivity index (χ3v) is 1.42. The summed E-state index contributed by atoms with van der Waals surface area (Å²) in [6, 6.07) is 3.16. The second-order valence-corrected chi connectivity index (χ2v) is 2.41. The molecule has 1 aromatic rings. The predicted octanol–water partition coefficient (Wildman–Crippen LogP) is 1.27. The van der Waals surface area contributed by atoms with Crippen LogP contribution < -0.4 is 0 Å². The minimum absolute atomic E-state index is 0.211. The Labute approximate surface area is 80.6 Å². The van der Waals surface area contributed by atoms with Crippen LogP contribution in [0.4, 0.5) is 5.82 Å². The molecule has 0 aliphatic carbocycles. The van der Waals surface area contributed by atoms with Gasteiger partial charge in [-0.3, -0.25) is 0 Å². The first-order valence-corrected chi connectivity index (χ1v) is 4.08. The lowest BCUT2D eigenvalue weighted by Gasteiger charge is -1.92. The summed E-state index contributed by atoms with van der Waals surface area (Å²) in [5.74, 6) is 5.40. The molecule has 0 bridgehead atoms. The Balaban J connectivity index is 3.12. The first kappa shape index (κ1) is 9.55. The van der Waals surface area contributed by atoms with Gasteiger partial charge >= 0.3 is 5.82 Å². The van der Waals surface area contributed by atoms with Crippen molar-refractivity contribution in [3.8, 4) is 11.8 Å². The molecule has 4 nitrogen and oxygen atoms in total. The summed E-state index contributed by atoms with van der Waals surface area (Å²) in [6.07, 6.45) is 1.37. The minimum Gasteiger partial charge on any atom is -0.358 e. The normalized spacial score (nSPS) is 8.69. The van der Waals surface area contributed by atoms with Crippen LogP contribution in [0.15, 0.2) is 18.3 Å². The van der Waals surface area contributed by atoms with Gasteiger partial charge in [-0.15, -0.1) is 0 Å². The van der Waals surface area contributed by atoms with E-state index in [1.165, 1.54) is 6.20 Å². The van der Waals surface area contributed by atoms with Crippen molar-refractivity contribution in [2.24, 2.45) is 0 Å². The zero-order valence-electron chi connectivity index (χ0n) is 6.60. The highest BCUT2D eigenvalue weighted by molar-refractivity contribution is 7.80. The third kappa shape index (κ3) is 2.46. The Morgan fingerprint density at radius 2 is 2.46 bits per heavy atom. The van der Waals surface area contributed by atoms with Crippen LogP contribution in [0.1, 0.15) is 5.56 Å². The molecule has 5 heteroatoms. The number of hydrogen-bond donors (Lipinski definition) is 1. The van der Waals surface area contributed by atoms with E-state index in [0.717, 1.165) is 0 Å². The molecule has 1 heterocycles. The van der Waals surface area contributed by atoms with Crippen LogP contribution in [0, 0.1) is 22.0 Å². The zero-order chi connectivity index (χ0) is 9.68. The van der Waals surface area contributed by atoms with Crippen molar-refractivity contribution in [3.05, 3.63) is 34.0 Å². The lowest BCUT2D eigenvalue weighted by Crippen LogP contribution is -1.94. The summed E-state index contributed by atoms with van der Waals surface area (Å²) in [7, 11) is 0. The van der Waals surface area contributed by atoms with Gasteiger partial charge in [0, 0.05) is 0 Å². The van der Waals surface area contributed by atoms with Crippen molar-refractivity contribution >= 4 is 18.4 Å². The Kier molecular flexibility index (Phi) is 3.29. The number of rotatable bonds is 1. The quantitative estimate of drug-likeness (QED) is 0.317. The van der Waals surface area contributed by atoms with Crippen LogP contribution in [-0.2, 0) is 0 Å². The lowest BCUT2D eigenvalue weighted by molar-refractivity contribution is -0.389. The second kappa shape index (κ2) is 4.48. The monoisotopic (exact) mass is 194 g/mol. The van der Waals surface area contributed by atoms with E-state index in [9.17, 15) is 10.1 Å². The van der Waals surface area contributed by atoms with Crippen molar-refractivity contribution in [1.82, 2.24) is 4.98 Å². The topological polar surface area (TPSA) is 56.0 Å². The molecule has 0 unspecified atom stereocenters. The molecule has 0 radical (unpaired) electrons. The number of nitro groups is 1. The van der Waals surface area contributed by atoms with E-state index in [2.05, 4.69) is 29.5 Å². The van der Waals surface area contributed by atoms with Crippen molar-refractivity contribution in [2.45, 2.75) is 0 Å². The van der Waals surface area contributed by atoms with Crippen LogP contribution in [0.3, 0.4) is 0 Å². The third-order valence-electron chi connectivity index (χ3n) is 1.26. The second-order valence-electron chi connectivity index (χ2n) is 2.09. The Bertz CT molecular complexity index is 381. The average molecular weight is 194 g/mol. The summed E-state index contributed by atoms with van der Waals surface area (Å²) in [5, 5.41) is 10.4. The number of nitrogens with zero attached hydrogens (tertiary/aromatic N) is 2. The van der Waals surface area contributed by atoms with Crippen LogP contribution in [0.5, 0.6) is 0 Å². The fraction of sp³-hybridized carbons (Fsp3) is 0.125. The Morgan fingerprint density at radius 1 is 1.69 bits per heavy atom. The highest BCUT2D eigenvalue weighted by Gasteiger charge is 2.10.